The molecular weight excluding hydrogens is 290 g/mol. The van der Waals surface area contributed by atoms with E-state index in [2.05, 4.69) is 31.5 Å². The molecule has 0 bridgehead atoms. The molecule has 0 aliphatic rings. The van der Waals surface area contributed by atoms with Gasteiger partial charge < -0.3 is 9.47 Å². The molecule has 0 saturated heterocycles. The molecule has 0 amide bonds. The molecular formula is C15H19NO2S2. The maximum absolute atomic E-state index is 5.77. The highest BCUT2D eigenvalue weighted by Crippen LogP contribution is 2.27. The van der Waals surface area contributed by atoms with Crippen LogP contribution in [0.1, 0.15) is 35.3 Å². The van der Waals surface area contributed by atoms with Crippen LogP contribution in [0.3, 0.4) is 0 Å². The first-order valence-electron chi connectivity index (χ1n) is 6.50. The van der Waals surface area contributed by atoms with Crippen LogP contribution in [0.5, 0.6) is 11.5 Å². The molecule has 0 unspecified atom stereocenters. The fourth-order valence-electron chi connectivity index (χ4n) is 1.88. The van der Waals surface area contributed by atoms with Crippen LogP contribution in [0.15, 0.2) is 24.3 Å². The largest absolute Gasteiger partial charge is 0.497 e. The lowest BCUT2D eigenvalue weighted by molar-refractivity contribution is 0.302. The summed E-state index contributed by atoms with van der Waals surface area (Å²) in [5.41, 5.74) is 1.13. The summed E-state index contributed by atoms with van der Waals surface area (Å²) in [5, 5.41) is 0.987. The molecule has 0 aliphatic heterocycles. The summed E-state index contributed by atoms with van der Waals surface area (Å²) in [7, 11) is 1.65. The number of ether oxygens (including phenoxy) is 2. The number of hydrogen-bond acceptors (Lipinski definition) is 5. The number of thiazole rings is 1. The molecule has 2 rings (SSSR count). The van der Waals surface area contributed by atoms with E-state index in [0.29, 0.717) is 12.5 Å². The van der Waals surface area contributed by atoms with Crippen molar-refractivity contribution in [1.82, 2.24) is 4.98 Å². The van der Waals surface area contributed by atoms with Gasteiger partial charge in [0.25, 0.3) is 0 Å². The average molecular weight is 309 g/mol. The smallest absolute Gasteiger partial charge is 0.140 e. The number of methoxy groups -OCH3 is 1. The minimum Gasteiger partial charge on any atom is -0.497 e. The summed E-state index contributed by atoms with van der Waals surface area (Å²) in [6, 6.07) is 7.59. The van der Waals surface area contributed by atoms with Crippen LogP contribution >= 0.6 is 24.0 Å². The van der Waals surface area contributed by atoms with Crippen molar-refractivity contribution < 1.29 is 9.47 Å². The lowest BCUT2D eigenvalue weighted by Gasteiger charge is -2.05. The number of hydrogen-bond donors (Lipinski definition) is 1. The fourth-order valence-corrected chi connectivity index (χ4v) is 3.23. The molecule has 1 aromatic heterocycles. The predicted octanol–water partition coefficient (Wildman–Crippen LogP) is 4.28. The lowest BCUT2D eigenvalue weighted by atomic mass is 10.1. The van der Waals surface area contributed by atoms with Crippen molar-refractivity contribution in [3.8, 4) is 11.5 Å². The zero-order valence-electron chi connectivity index (χ0n) is 11.9. The van der Waals surface area contributed by atoms with Gasteiger partial charge in [-0.3, -0.25) is 0 Å². The molecule has 0 radical (unpaired) electrons. The van der Waals surface area contributed by atoms with Crippen molar-refractivity contribution in [2.75, 3.05) is 7.11 Å². The van der Waals surface area contributed by atoms with E-state index in [1.807, 2.05) is 24.3 Å². The van der Waals surface area contributed by atoms with E-state index in [4.69, 9.17) is 9.47 Å². The van der Waals surface area contributed by atoms with Crippen LogP contribution in [0, 0.1) is 0 Å². The normalized spacial score (nSPS) is 10.8. The molecule has 0 spiro atoms. The van der Waals surface area contributed by atoms with Crippen molar-refractivity contribution in [2.45, 2.75) is 32.1 Å². The van der Waals surface area contributed by atoms with Gasteiger partial charge in [0.2, 0.25) is 0 Å². The number of benzene rings is 1. The summed E-state index contributed by atoms with van der Waals surface area (Å²) < 4.78 is 10.9. The van der Waals surface area contributed by atoms with Gasteiger partial charge in [0.15, 0.2) is 0 Å². The number of rotatable bonds is 6. The second-order valence-corrected chi connectivity index (χ2v) is 6.18. The fraction of sp³-hybridized carbons (Fsp3) is 0.400. The molecule has 20 heavy (non-hydrogen) atoms. The Labute approximate surface area is 129 Å². The number of thiol groups is 1. The van der Waals surface area contributed by atoms with Crippen molar-refractivity contribution in [1.29, 1.82) is 0 Å². The Bertz CT molecular complexity index is 567. The number of nitrogens with zero attached hydrogens (tertiary/aromatic N) is 1. The first-order valence-corrected chi connectivity index (χ1v) is 7.95. The van der Waals surface area contributed by atoms with Crippen LogP contribution in [0.4, 0.5) is 0 Å². The minimum atomic E-state index is 0.416. The Morgan fingerprint density at radius 1 is 1.30 bits per heavy atom. The molecule has 0 atom stereocenters. The van der Waals surface area contributed by atoms with Crippen LogP contribution in [-0.4, -0.2) is 12.1 Å². The second-order valence-electron chi connectivity index (χ2n) is 4.70. The van der Waals surface area contributed by atoms with Crippen LogP contribution in [-0.2, 0) is 12.4 Å². The first kappa shape index (κ1) is 15.2. The maximum Gasteiger partial charge on any atom is 0.140 e. The van der Waals surface area contributed by atoms with Crippen molar-refractivity contribution in [3.63, 3.8) is 0 Å². The topological polar surface area (TPSA) is 31.4 Å². The molecule has 5 heteroatoms. The van der Waals surface area contributed by atoms with E-state index in [0.717, 1.165) is 28.0 Å². The highest BCUT2D eigenvalue weighted by molar-refractivity contribution is 7.79. The quantitative estimate of drug-likeness (QED) is 0.808. The molecule has 0 N–H and O–H groups in total. The standard InChI is InChI=1S/C15H19NO2S2/c1-10(2)15-13(9-19)20-14(16-15)8-18-12-6-4-5-11(7-12)17-3/h4-7,10,19H,8-9H2,1-3H3. The van der Waals surface area contributed by atoms with Gasteiger partial charge in [-0.25, -0.2) is 4.98 Å². The first-order chi connectivity index (χ1) is 9.63. The zero-order chi connectivity index (χ0) is 14.5. The Kier molecular flexibility index (Phi) is 5.31. The predicted molar refractivity (Wildman–Crippen MR) is 86.2 cm³/mol. The molecule has 0 saturated carbocycles. The van der Waals surface area contributed by atoms with Gasteiger partial charge in [-0.2, -0.15) is 12.6 Å². The van der Waals surface area contributed by atoms with Gasteiger partial charge in [-0.05, 0) is 18.1 Å². The second kappa shape index (κ2) is 6.99. The van der Waals surface area contributed by atoms with E-state index >= 15 is 0 Å². The average Bonchev–Trinajstić information content (AvgIpc) is 2.89. The Morgan fingerprint density at radius 3 is 2.65 bits per heavy atom. The molecule has 108 valence electrons. The van der Waals surface area contributed by atoms with Crippen LogP contribution in [0.25, 0.3) is 0 Å². The summed E-state index contributed by atoms with van der Waals surface area (Å²) in [5.74, 6) is 2.72. The third-order valence-corrected chi connectivity index (χ3v) is 4.44. The number of aromatic nitrogens is 1. The monoisotopic (exact) mass is 309 g/mol. The SMILES string of the molecule is COc1cccc(OCc2nc(C(C)C)c(CS)s2)c1. The molecule has 1 heterocycles. The molecule has 3 nitrogen and oxygen atoms in total. The maximum atomic E-state index is 5.77. The van der Waals surface area contributed by atoms with Crippen molar-refractivity contribution in [2.24, 2.45) is 0 Å². The molecule has 0 fully saturated rings. The Balaban J connectivity index is 2.06. The summed E-state index contributed by atoms with van der Waals surface area (Å²) in [6.07, 6.45) is 0. The van der Waals surface area contributed by atoms with Crippen molar-refractivity contribution >= 4 is 24.0 Å². The molecule has 1 aromatic carbocycles. The zero-order valence-corrected chi connectivity index (χ0v) is 13.6. The van der Waals surface area contributed by atoms with E-state index < -0.39 is 0 Å². The van der Waals surface area contributed by atoms with E-state index in [-0.39, 0.29) is 0 Å². The Hall–Kier alpha value is -1.20. The molecule has 2 aromatic rings. The van der Waals surface area contributed by atoms with Crippen molar-refractivity contribution in [3.05, 3.63) is 39.8 Å². The van der Waals surface area contributed by atoms with Crippen LogP contribution < -0.4 is 9.47 Å². The van der Waals surface area contributed by atoms with E-state index in [9.17, 15) is 0 Å². The summed E-state index contributed by atoms with van der Waals surface area (Å²) in [6.45, 7) is 4.77. The molecule has 0 aliphatic carbocycles. The van der Waals surface area contributed by atoms with Gasteiger partial charge in [-0.1, -0.05) is 19.9 Å². The van der Waals surface area contributed by atoms with Crippen LogP contribution in [0.2, 0.25) is 0 Å². The van der Waals surface area contributed by atoms with Gasteiger partial charge in [0.1, 0.15) is 23.1 Å². The Morgan fingerprint density at radius 2 is 2.05 bits per heavy atom. The van der Waals surface area contributed by atoms with Gasteiger partial charge in [0, 0.05) is 16.7 Å². The lowest BCUT2D eigenvalue weighted by Crippen LogP contribution is -1.97. The highest BCUT2D eigenvalue weighted by atomic mass is 32.1. The third kappa shape index (κ3) is 3.67. The summed E-state index contributed by atoms with van der Waals surface area (Å²) in [4.78, 5) is 5.88. The van der Waals surface area contributed by atoms with Gasteiger partial charge >= 0.3 is 0 Å². The van der Waals surface area contributed by atoms with Gasteiger partial charge in [0.05, 0.1) is 12.8 Å². The van der Waals surface area contributed by atoms with Gasteiger partial charge in [-0.15, -0.1) is 11.3 Å². The third-order valence-electron chi connectivity index (χ3n) is 2.87. The van der Waals surface area contributed by atoms with E-state index in [1.165, 1.54) is 4.88 Å². The highest BCUT2D eigenvalue weighted by Gasteiger charge is 2.13. The summed E-state index contributed by atoms with van der Waals surface area (Å²) >= 11 is 6.04. The van der Waals surface area contributed by atoms with E-state index in [1.54, 1.807) is 18.4 Å². The minimum absolute atomic E-state index is 0.416.